The second-order valence-electron chi connectivity index (χ2n) is 5.43. The Morgan fingerprint density at radius 3 is 2.60 bits per heavy atom. The molecule has 0 unspecified atom stereocenters. The number of rotatable bonds is 4. The van der Waals surface area contributed by atoms with Crippen molar-refractivity contribution in [3.8, 4) is 6.07 Å². The van der Waals surface area contributed by atoms with E-state index in [2.05, 4.69) is 18.3 Å². The number of likely N-dealkylation sites (tertiary alicyclic amines) is 1. The highest BCUT2D eigenvalue weighted by molar-refractivity contribution is 5.76. The van der Waals surface area contributed by atoms with Gasteiger partial charge in [-0.05, 0) is 43.0 Å². The van der Waals surface area contributed by atoms with Crippen molar-refractivity contribution in [2.45, 2.75) is 26.2 Å². The standard InChI is InChI=1S/C16H21N3O/c1-13-7-10-19(11-8-13)16(20)6-9-18-15-4-2-14(12-17)3-5-15/h2-5,13,18H,6-11H2,1H3. The van der Waals surface area contributed by atoms with Gasteiger partial charge in [0.1, 0.15) is 0 Å². The molecule has 0 bridgehead atoms. The largest absolute Gasteiger partial charge is 0.385 e. The summed E-state index contributed by atoms with van der Waals surface area (Å²) in [6, 6.07) is 9.37. The average Bonchev–Trinajstić information content (AvgIpc) is 2.48. The molecular weight excluding hydrogens is 250 g/mol. The molecule has 0 atom stereocenters. The third kappa shape index (κ3) is 3.99. The Morgan fingerprint density at radius 1 is 1.35 bits per heavy atom. The van der Waals surface area contributed by atoms with Crippen LogP contribution in [0.25, 0.3) is 0 Å². The molecule has 20 heavy (non-hydrogen) atoms. The molecule has 1 aromatic carbocycles. The van der Waals surface area contributed by atoms with Crippen LogP contribution in [0.3, 0.4) is 0 Å². The van der Waals surface area contributed by atoms with Crippen molar-refractivity contribution in [3.05, 3.63) is 29.8 Å². The Bertz CT molecular complexity index is 481. The first kappa shape index (κ1) is 14.4. The van der Waals surface area contributed by atoms with Crippen LogP contribution in [-0.2, 0) is 4.79 Å². The lowest BCUT2D eigenvalue weighted by molar-refractivity contribution is -0.132. The predicted octanol–water partition coefficient (Wildman–Crippen LogP) is 2.62. The van der Waals surface area contributed by atoms with Crippen LogP contribution in [0.4, 0.5) is 5.69 Å². The van der Waals surface area contributed by atoms with Gasteiger partial charge in [0.2, 0.25) is 5.91 Å². The van der Waals surface area contributed by atoms with Gasteiger partial charge in [-0.2, -0.15) is 5.26 Å². The number of carbonyl (C=O) groups is 1. The van der Waals surface area contributed by atoms with Crippen LogP contribution < -0.4 is 5.32 Å². The Balaban J connectivity index is 1.72. The van der Waals surface area contributed by atoms with Crippen molar-refractivity contribution < 1.29 is 4.79 Å². The van der Waals surface area contributed by atoms with Crippen molar-refractivity contribution in [2.75, 3.05) is 25.0 Å². The number of nitrogens with zero attached hydrogens (tertiary/aromatic N) is 2. The van der Waals surface area contributed by atoms with E-state index in [9.17, 15) is 4.79 Å². The molecule has 0 saturated carbocycles. The zero-order valence-corrected chi connectivity index (χ0v) is 11.9. The fourth-order valence-electron chi connectivity index (χ4n) is 2.39. The van der Waals surface area contributed by atoms with Crippen molar-refractivity contribution in [2.24, 2.45) is 5.92 Å². The summed E-state index contributed by atoms with van der Waals surface area (Å²) >= 11 is 0. The van der Waals surface area contributed by atoms with Gasteiger partial charge in [0.25, 0.3) is 0 Å². The summed E-state index contributed by atoms with van der Waals surface area (Å²) in [5, 5.41) is 11.9. The number of benzene rings is 1. The fraction of sp³-hybridized carbons (Fsp3) is 0.500. The number of nitrogens with one attached hydrogen (secondary N) is 1. The second kappa shape index (κ2) is 6.95. The topological polar surface area (TPSA) is 56.1 Å². The molecular formula is C16H21N3O. The minimum atomic E-state index is 0.234. The summed E-state index contributed by atoms with van der Waals surface area (Å²) < 4.78 is 0. The van der Waals surface area contributed by atoms with Gasteiger partial charge in [-0.1, -0.05) is 6.92 Å². The van der Waals surface area contributed by atoms with E-state index < -0.39 is 0 Å². The van der Waals surface area contributed by atoms with Crippen molar-refractivity contribution in [1.82, 2.24) is 4.90 Å². The van der Waals surface area contributed by atoms with E-state index in [1.54, 1.807) is 12.1 Å². The van der Waals surface area contributed by atoms with Gasteiger partial charge < -0.3 is 10.2 Å². The number of piperidine rings is 1. The smallest absolute Gasteiger partial charge is 0.224 e. The molecule has 0 aliphatic carbocycles. The first-order valence-corrected chi connectivity index (χ1v) is 7.21. The maximum atomic E-state index is 12.0. The first-order chi connectivity index (χ1) is 9.69. The lowest BCUT2D eigenvalue weighted by atomic mass is 9.99. The summed E-state index contributed by atoms with van der Waals surface area (Å²) in [4.78, 5) is 14.0. The van der Waals surface area contributed by atoms with Crippen LogP contribution in [0.15, 0.2) is 24.3 Å². The summed E-state index contributed by atoms with van der Waals surface area (Å²) in [6.07, 6.45) is 2.76. The lowest BCUT2D eigenvalue weighted by Crippen LogP contribution is -2.38. The molecule has 0 radical (unpaired) electrons. The molecule has 2 rings (SSSR count). The number of hydrogen-bond donors (Lipinski definition) is 1. The normalized spacial score (nSPS) is 15.7. The summed E-state index contributed by atoms with van der Waals surface area (Å²) in [5.74, 6) is 0.980. The van der Waals surface area contributed by atoms with Gasteiger partial charge in [-0.3, -0.25) is 4.79 Å². The highest BCUT2D eigenvalue weighted by atomic mass is 16.2. The van der Waals surface area contributed by atoms with Gasteiger partial charge in [0.05, 0.1) is 11.6 Å². The Kier molecular flexibility index (Phi) is 5.00. The van der Waals surface area contributed by atoms with Gasteiger partial charge in [-0.15, -0.1) is 0 Å². The molecule has 4 heteroatoms. The molecule has 1 saturated heterocycles. The summed E-state index contributed by atoms with van der Waals surface area (Å²) in [7, 11) is 0. The van der Waals surface area contributed by atoms with Gasteiger partial charge in [0, 0.05) is 31.7 Å². The van der Waals surface area contributed by atoms with E-state index >= 15 is 0 Å². The molecule has 1 fully saturated rings. The van der Waals surface area contributed by atoms with Gasteiger partial charge >= 0.3 is 0 Å². The lowest BCUT2D eigenvalue weighted by Gasteiger charge is -2.30. The molecule has 1 aromatic rings. The van der Waals surface area contributed by atoms with Crippen molar-refractivity contribution in [3.63, 3.8) is 0 Å². The molecule has 1 aliphatic rings. The number of carbonyl (C=O) groups excluding carboxylic acids is 1. The van der Waals surface area contributed by atoms with Crippen LogP contribution >= 0.6 is 0 Å². The van der Waals surface area contributed by atoms with E-state index in [4.69, 9.17) is 5.26 Å². The minimum Gasteiger partial charge on any atom is -0.385 e. The average molecular weight is 271 g/mol. The quantitative estimate of drug-likeness (QED) is 0.915. The number of hydrogen-bond acceptors (Lipinski definition) is 3. The third-order valence-electron chi connectivity index (χ3n) is 3.82. The number of amides is 1. The molecule has 4 nitrogen and oxygen atoms in total. The van der Waals surface area contributed by atoms with Gasteiger partial charge in [0.15, 0.2) is 0 Å². The second-order valence-corrected chi connectivity index (χ2v) is 5.43. The molecule has 1 N–H and O–H groups in total. The van der Waals surface area contributed by atoms with Crippen LogP contribution in [0.2, 0.25) is 0 Å². The SMILES string of the molecule is CC1CCN(C(=O)CCNc2ccc(C#N)cc2)CC1. The molecule has 1 amide bonds. The summed E-state index contributed by atoms with van der Waals surface area (Å²) in [6.45, 7) is 4.68. The highest BCUT2D eigenvalue weighted by Gasteiger charge is 2.19. The van der Waals surface area contributed by atoms with Crippen molar-refractivity contribution in [1.29, 1.82) is 5.26 Å². The van der Waals surface area contributed by atoms with Gasteiger partial charge in [-0.25, -0.2) is 0 Å². The molecule has 0 spiro atoms. The molecule has 1 aliphatic heterocycles. The summed E-state index contributed by atoms with van der Waals surface area (Å²) in [5.41, 5.74) is 1.60. The Hall–Kier alpha value is -2.02. The predicted molar refractivity (Wildman–Crippen MR) is 79.2 cm³/mol. The zero-order chi connectivity index (χ0) is 14.4. The third-order valence-corrected chi connectivity index (χ3v) is 3.82. The van der Waals surface area contributed by atoms with Crippen LogP contribution in [-0.4, -0.2) is 30.4 Å². The maximum Gasteiger partial charge on any atom is 0.224 e. The highest BCUT2D eigenvalue weighted by Crippen LogP contribution is 2.16. The van der Waals surface area contributed by atoms with E-state index in [0.717, 1.165) is 37.5 Å². The Labute approximate surface area is 120 Å². The maximum absolute atomic E-state index is 12.0. The monoisotopic (exact) mass is 271 g/mol. The fourth-order valence-corrected chi connectivity index (χ4v) is 2.39. The van der Waals surface area contributed by atoms with Crippen LogP contribution in [0, 0.1) is 17.2 Å². The molecule has 1 heterocycles. The van der Waals surface area contributed by atoms with E-state index in [1.807, 2.05) is 17.0 Å². The number of anilines is 1. The van der Waals surface area contributed by atoms with Crippen LogP contribution in [0.5, 0.6) is 0 Å². The Morgan fingerprint density at radius 2 is 2.00 bits per heavy atom. The molecule has 0 aromatic heterocycles. The van der Waals surface area contributed by atoms with E-state index in [1.165, 1.54) is 0 Å². The zero-order valence-electron chi connectivity index (χ0n) is 11.9. The minimum absolute atomic E-state index is 0.234. The molecule has 106 valence electrons. The number of nitriles is 1. The van der Waals surface area contributed by atoms with Crippen molar-refractivity contribution >= 4 is 11.6 Å². The van der Waals surface area contributed by atoms with E-state index in [-0.39, 0.29) is 5.91 Å². The van der Waals surface area contributed by atoms with Crippen LogP contribution in [0.1, 0.15) is 31.7 Å². The van der Waals surface area contributed by atoms with E-state index in [0.29, 0.717) is 18.5 Å². The first-order valence-electron chi connectivity index (χ1n) is 7.21.